The summed E-state index contributed by atoms with van der Waals surface area (Å²) in [4.78, 5) is 25.6. The van der Waals surface area contributed by atoms with Crippen molar-refractivity contribution in [3.63, 3.8) is 0 Å². The van der Waals surface area contributed by atoms with E-state index in [4.69, 9.17) is 0 Å². The summed E-state index contributed by atoms with van der Waals surface area (Å²) in [7, 11) is 0. The molecule has 1 heterocycles. The van der Waals surface area contributed by atoms with Gasteiger partial charge >= 0.3 is 0 Å². The fourth-order valence-corrected chi connectivity index (χ4v) is 1.82. The lowest BCUT2D eigenvalue weighted by Crippen LogP contribution is -2.22. The second-order valence-corrected chi connectivity index (χ2v) is 3.53. The predicted molar refractivity (Wildman–Crippen MR) is 54.2 cm³/mol. The van der Waals surface area contributed by atoms with Crippen molar-refractivity contribution in [2.75, 3.05) is 6.54 Å². The summed E-state index contributed by atoms with van der Waals surface area (Å²) < 4.78 is 0. The van der Waals surface area contributed by atoms with Crippen LogP contribution in [0.25, 0.3) is 0 Å². The minimum absolute atomic E-state index is 0.121. The maximum absolute atomic E-state index is 11.4. The Hall–Kier alpha value is -1.45. The quantitative estimate of drug-likeness (QED) is 0.602. The molecule has 1 rings (SSSR count). The molecule has 74 valence electrons. The molecule has 0 aliphatic heterocycles. The largest absolute Gasteiger partial charge is 0.352 e. The maximum atomic E-state index is 11.4. The summed E-state index contributed by atoms with van der Waals surface area (Å²) >= 11 is 1.41. The van der Waals surface area contributed by atoms with E-state index in [-0.39, 0.29) is 12.5 Å². The van der Waals surface area contributed by atoms with E-state index in [0.29, 0.717) is 12.1 Å². The van der Waals surface area contributed by atoms with Gasteiger partial charge in [0.05, 0.1) is 12.1 Å². The Labute approximate surface area is 85.7 Å². The molecule has 0 fully saturated rings. The zero-order chi connectivity index (χ0) is 10.4. The third kappa shape index (κ3) is 2.52. The first-order valence-electron chi connectivity index (χ1n) is 4.17. The highest BCUT2D eigenvalue weighted by Crippen LogP contribution is 2.17. The Morgan fingerprint density at radius 2 is 2.50 bits per heavy atom. The van der Waals surface area contributed by atoms with Gasteiger partial charge in [0.25, 0.3) is 5.91 Å². The van der Waals surface area contributed by atoms with Crippen molar-refractivity contribution in [1.82, 2.24) is 5.32 Å². The zero-order valence-electron chi connectivity index (χ0n) is 7.74. The number of hydrogen-bond acceptors (Lipinski definition) is 4. The lowest BCUT2D eigenvalue weighted by atomic mass is 10.2. The van der Waals surface area contributed by atoms with Gasteiger partial charge in [0.1, 0.15) is 0 Å². The van der Waals surface area contributed by atoms with Gasteiger partial charge in [0.2, 0.25) is 6.08 Å². The Bertz CT molecular complexity index is 367. The minimum atomic E-state index is -0.121. The summed E-state index contributed by atoms with van der Waals surface area (Å²) in [6.07, 6.45) is 1.45. The monoisotopic (exact) mass is 210 g/mol. The molecule has 4 nitrogen and oxygen atoms in total. The van der Waals surface area contributed by atoms with Gasteiger partial charge in [0, 0.05) is 11.4 Å². The standard InChI is InChI=1S/C9H10N2O2S/c1-2-11-9(13)7-3-4-14-8(7)5-10-6-12/h3-4H,2,5H2,1H3,(H,11,13). The van der Waals surface area contributed by atoms with Gasteiger partial charge in [-0.3, -0.25) is 4.79 Å². The highest BCUT2D eigenvalue weighted by molar-refractivity contribution is 7.10. The van der Waals surface area contributed by atoms with Crippen molar-refractivity contribution in [3.05, 3.63) is 21.9 Å². The Morgan fingerprint density at radius 1 is 1.71 bits per heavy atom. The normalized spacial score (nSPS) is 9.21. The third-order valence-electron chi connectivity index (χ3n) is 1.61. The van der Waals surface area contributed by atoms with Crippen LogP contribution in [0.2, 0.25) is 0 Å². The number of hydrogen-bond donors (Lipinski definition) is 1. The molecule has 0 aromatic carbocycles. The highest BCUT2D eigenvalue weighted by atomic mass is 32.1. The molecule has 0 radical (unpaired) electrons. The van der Waals surface area contributed by atoms with Crippen molar-refractivity contribution < 1.29 is 9.59 Å². The van der Waals surface area contributed by atoms with Crippen LogP contribution in [0.5, 0.6) is 0 Å². The van der Waals surface area contributed by atoms with Gasteiger partial charge in [0.15, 0.2) is 0 Å². The van der Waals surface area contributed by atoms with Crippen LogP contribution in [0, 0.1) is 0 Å². The van der Waals surface area contributed by atoms with Gasteiger partial charge in [-0.25, -0.2) is 9.79 Å². The topological polar surface area (TPSA) is 58.5 Å². The van der Waals surface area contributed by atoms with E-state index in [1.165, 1.54) is 17.4 Å². The van der Waals surface area contributed by atoms with Crippen molar-refractivity contribution >= 4 is 23.3 Å². The van der Waals surface area contributed by atoms with E-state index in [1.807, 2.05) is 6.92 Å². The van der Waals surface area contributed by atoms with Crippen LogP contribution < -0.4 is 5.32 Å². The van der Waals surface area contributed by atoms with E-state index in [9.17, 15) is 9.59 Å². The molecule has 1 aromatic heterocycles. The summed E-state index contributed by atoms with van der Waals surface area (Å²) in [5.74, 6) is -0.121. The molecule has 0 saturated carbocycles. The second-order valence-electron chi connectivity index (χ2n) is 2.52. The van der Waals surface area contributed by atoms with Crippen LogP contribution in [0.3, 0.4) is 0 Å². The zero-order valence-corrected chi connectivity index (χ0v) is 8.56. The number of amides is 1. The first kappa shape index (κ1) is 10.6. The van der Waals surface area contributed by atoms with Gasteiger partial charge < -0.3 is 5.32 Å². The molecule has 0 aliphatic carbocycles. The summed E-state index contributed by atoms with van der Waals surface area (Å²) in [6.45, 7) is 2.67. The molecule has 0 bridgehead atoms. The highest BCUT2D eigenvalue weighted by Gasteiger charge is 2.10. The minimum Gasteiger partial charge on any atom is -0.352 e. The average Bonchev–Trinajstić information content (AvgIpc) is 2.63. The molecule has 14 heavy (non-hydrogen) atoms. The molecule has 0 aliphatic rings. The lowest BCUT2D eigenvalue weighted by molar-refractivity contribution is 0.0955. The second kappa shape index (κ2) is 5.32. The molecule has 0 atom stereocenters. The SMILES string of the molecule is CCNC(=O)c1ccsc1CN=C=O. The van der Waals surface area contributed by atoms with Crippen LogP contribution >= 0.6 is 11.3 Å². The van der Waals surface area contributed by atoms with Crippen molar-refractivity contribution in [3.8, 4) is 0 Å². The molecule has 1 N–H and O–H groups in total. The van der Waals surface area contributed by atoms with Crippen molar-refractivity contribution in [2.24, 2.45) is 4.99 Å². The third-order valence-corrected chi connectivity index (χ3v) is 2.52. The molecule has 0 spiro atoms. The molecule has 0 saturated heterocycles. The molecule has 1 amide bonds. The summed E-state index contributed by atoms with van der Waals surface area (Å²) in [5.41, 5.74) is 0.593. The number of carbonyl (C=O) groups is 1. The molecule has 5 heteroatoms. The van der Waals surface area contributed by atoms with Crippen molar-refractivity contribution in [1.29, 1.82) is 0 Å². The average molecular weight is 210 g/mol. The number of nitrogens with one attached hydrogen (secondary N) is 1. The number of rotatable bonds is 4. The first-order chi connectivity index (χ1) is 6.79. The van der Waals surface area contributed by atoms with Gasteiger partial charge in [-0.2, -0.15) is 0 Å². The smallest absolute Gasteiger partial charge is 0.252 e. The first-order valence-corrected chi connectivity index (χ1v) is 5.05. The van der Waals surface area contributed by atoms with E-state index in [1.54, 1.807) is 11.4 Å². The van der Waals surface area contributed by atoms with E-state index in [0.717, 1.165) is 4.88 Å². The van der Waals surface area contributed by atoms with Crippen LogP contribution in [0.4, 0.5) is 0 Å². The number of nitrogens with zero attached hydrogens (tertiary/aromatic N) is 1. The Kier molecular flexibility index (Phi) is 4.04. The number of isocyanates is 1. The molecular weight excluding hydrogens is 200 g/mol. The van der Waals surface area contributed by atoms with E-state index < -0.39 is 0 Å². The lowest BCUT2D eigenvalue weighted by Gasteiger charge is -2.00. The van der Waals surface area contributed by atoms with Crippen LogP contribution in [-0.4, -0.2) is 18.5 Å². The predicted octanol–water partition coefficient (Wildman–Crippen LogP) is 1.33. The van der Waals surface area contributed by atoms with Crippen LogP contribution in [0.15, 0.2) is 16.4 Å². The molecular formula is C9H10N2O2S. The Morgan fingerprint density at radius 3 is 3.14 bits per heavy atom. The van der Waals surface area contributed by atoms with E-state index >= 15 is 0 Å². The fourth-order valence-electron chi connectivity index (χ4n) is 1.03. The van der Waals surface area contributed by atoms with Crippen LogP contribution in [0.1, 0.15) is 22.2 Å². The van der Waals surface area contributed by atoms with Gasteiger partial charge in [-0.15, -0.1) is 11.3 Å². The molecule has 1 aromatic rings. The number of aliphatic imine (C=N–C) groups is 1. The molecule has 0 unspecified atom stereocenters. The van der Waals surface area contributed by atoms with Gasteiger partial charge in [-0.05, 0) is 18.4 Å². The maximum Gasteiger partial charge on any atom is 0.252 e. The van der Waals surface area contributed by atoms with Crippen molar-refractivity contribution in [2.45, 2.75) is 13.5 Å². The Balaban J connectivity index is 2.80. The van der Waals surface area contributed by atoms with Gasteiger partial charge in [-0.1, -0.05) is 0 Å². The number of carbonyl (C=O) groups excluding carboxylic acids is 2. The van der Waals surface area contributed by atoms with Crippen LogP contribution in [-0.2, 0) is 11.3 Å². The summed E-state index contributed by atoms with van der Waals surface area (Å²) in [5, 5.41) is 4.50. The fraction of sp³-hybridized carbons (Fsp3) is 0.333. The number of thiophene rings is 1. The summed E-state index contributed by atoms with van der Waals surface area (Å²) in [6, 6.07) is 1.73. The van der Waals surface area contributed by atoms with E-state index in [2.05, 4.69) is 10.3 Å².